The van der Waals surface area contributed by atoms with Crippen molar-refractivity contribution in [2.75, 3.05) is 6.54 Å². The second-order valence-electron chi connectivity index (χ2n) is 4.85. The maximum Gasteiger partial charge on any atom is 0.328 e. The Kier molecular flexibility index (Phi) is 5.53. The summed E-state index contributed by atoms with van der Waals surface area (Å²) in [7, 11) is 0. The third kappa shape index (κ3) is 4.79. The zero-order valence-corrected chi connectivity index (χ0v) is 10.3. The third-order valence-electron chi connectivity index (χ3n) is 3.40. The smallest absolute Gasteiger partial charge is 0.328 e. The number of nitrogens with one attached hydrogen (secondary N) is 1. The minimum Gasteiger partial charge on any atom is -0.478 e. The lowest BCUT2D eigenvalue weighted by Crippen LogP contribution is -2.35. The molecule has 1 aliphatic rings. The summed E-state index contributed by atoms with van der Waals surface area (Å²) in [5.41, 5.74) is 0.895. The van der Waals surface area contributed by atoms with Crippen LogP contribution >= 0.6 is 0 Å². The fraction of sp³-hybridized carbons (Fsp3) is 0.769. The van der Waals surface area contributed by atoms with Crippen LogP contribution in [0.15, 0.2) is 11.6 Å². The summed E-state index contributed by atoms with van der Waals surface area (Å²) in [6.07, 6.45) is 7.69. The van der Waals surface area contributed by atoms with Crippen molar-refractivity contribution in [2.24, 2.45) is 5.92 Å². The van der Waals surface area contributed by atoms with Gasteiger partial charge < -0.3 is 10.4 Å². The second kappa shape index (κ2) is 6.69. The van der Waals surface area contributed by atoms with E-state index in [0.717, 1.165) is 11.5 Å². The van der Waals surface area contributed by atoms with Gasteiger partial charge in [-0.2, -0.15) is 0 Å². The molecular weight excluding hydrogens is 202 g/mol. The van der Waals surface area contributed by atoms with Crippen LogP contribution in [-0.2, 0) is 4.79 Å². The molecule has 3 nitrogen and oxygen atoms in total. The van der Waals surface area contributed by atoms with E-state index in [-0.39, 0.29) is 0 Å². The number of hydrogen-bond acceptors (Lipinski definition) is 2. The zero-order valence-electron chi connectivity index (χ0n) is 10.3. The molecule has 0 aromatic heterocycles. The molecular formula is C13H23NO2. The van der Waals surface area contributed by atoms with Crippen LogP contribution in [0.2, 0.25) is 0 Å². The molecule has 1 fully saturated rings. The molecule has 0 aliphatic heterocycles. The van der Waals surface area contributed by atoms with E-state index in [1.807, 2.05) is 6.92 Å². The summed E-state index contributed by atoms with van der Waals surface area (Å²) >= 11 is 0. The van der Waals surface area contributed by atoms with Crippen molar-refractivity contribution >= 4 is 5.97 Å². The number of aliphatic carboxylic acids is 1. The number of hydrogen-bond donors (Lipinski definition) is 2. The summed E-state index contributed by atoms with van der Waals surface area (Å²) in [5.74, 6) is 0.00406. The van der Waals surface area contributed by atoms with Crippen molar-refractivity contribution in [3.63, 3.8) is 0 Å². The number of carboxylic acids is 1. The van der Waals surface area contributed by atoms with E-state index >= 15 is 0 Å². The van der Waals surface area contributed by atoms with Gasteiger partial charge in [-0.3, -0.25) is 0 Å². The van der Waals surface area contributed by atoms with E-state index in [4.69, 9.17) is 5.11 Å². The summed E-state index contributed by atoms with van der Waals surface area (Å²) in [5, 5.41) is 12.1. The van der Waals surface area contributed by atoms with Gasteiger partial charge in [-0.15, -0.1) is 0 Å². The van der Waals surface area contributed by atoms with E-state index in [0.29, 0.717) is 12.6 Å². The van der Waals surface area contributed by atoms with Crippen molar-refractivity contribution in [3.05, 3.63) is 11.6 Å². The molecule has 2 atom stereocenters. The largest absolute Gasteiger partial charge is 0.478 e. The molecule has 1 rings (SSSR count). The van der Waals surface area contributed by atoms with Crippen LogP contribution in [-0.4, -0.2) is 23.7 Å². The predicted octanol–water partition coefficient (Wildman–Crippen LogP) is 2.58. The van der Waals surface area contributed by atoms with Gasteiger partial charge in [0.1, 0.15) is 0 Å². The highest BCUT2D eigenvalue weighted by Crippen LogP contribution is 2.26. The van der Waals surface area contributed by atoms with Gasteiger partial charge in [-0.05, 0) is 25.7 Å². The molecule has 1 aliphatic carbocycles. The first-order valence-corrected chi connectivity index (χ1v) is 6.25. The van der Waals surface area contributed by atoms with Crippen LogP contribution in [0.3, 0.4) is 0 Å². The van der Waals surface area contributed by atoms with Gasteiger partial charge in [0.15, 0.2) is 0 Å². The van der Waals surface area contributed by atoms with Crippen molar-refractivity contribution in [3.8, 4) is 0 Å². The zero-order chi connectivity index (χ0) is 12.0. The second-order valence-corrected chi connectivity index (χ2v) is 4.85. The first kappa shape index (κ1) is 13.2. The fourth-order valence-corrected chi connectivity index (χ4v) is 2.41. The number of carbonyl (C=O) groups is 1. The molecule has 0 heterocycles. The summed E-state index contributed by atoms with van der Waals surface area (Å²) in [4.78, 5) is 10.5. The molecule has 0 radical (unpaired) electrons. The van der Waals surface area contributed by atoms with Gasteiger partial charge in [0.05, 0.1) is 0 Å². The van der Waals surface area contributed by atoms with Crippen molar-refractivity contribution in [1.29, 1.82) is 0 Å². The van der Waals surface area contributed by atoms with Gasteiger partial charge >= 0.3 is 5.97 Å². The molecule has 2 N–H and O–H groups in total. The molecule has 16 heavy (non-hydrogen) atoms. The van der Waals surface area contributed by atoms with Crippen LogP contribution < -0.4 is 5.32 Å². The molecule has 0 bridgehead atoms. The maximum atomic E-state index is 10.5. The van der Waals surface area contributed by atoms with Crippen LogP contribution in [0.25, 0.3) is 0 Å². The normalized spacial score (nSPS) is 26.8. The number of rotatable bonds is 5. The SMILES string of the molecule is CCC1CCCC(NCC(C)=CC(=O)O)C1. The standard InChI is InChI=1S/C13H23NO2/c1-3-11-5-4-6-12(8-11)14-9-10(2)7-13(15)16/h7,11-12,14H,3-6,8-9H2,1-2H3,(H,15,16). The van der Waals surface area contributed by atoms with Crippen molar-refractivity contribution in [1.82, 2.24) is 5.32 Å². The Balaban J connectivity index is 2.29. The summed E-state index contributed by atoms with van der Waals surface area (Å²) in [6.45, 7) is 4.82. The fourth-order valence-electron chi connectivity index (χ4n) is 2.41. The monoisotopic (exact) mass is 225 g/mol. The lowest BCUT2D eigenvalue weighted by Gasteiger charge is -2.29. The van der Waals surface area contributed by atoms with E-state index in [2.05, 4.69) is 12.2 Å². The summed E-state index contributed by atoms with van der Waals surface area (Å²) in [6, 6.07) is 0.579. The topological polar surface area (TPSA) is 49.3 Å². The molecule has 0 amide bonds. The lowest BCUT2D eigenvalue weighted by molar-refractivity contribution is -0.131. The molecule has 0 aromatic rings. The molecule has 0 saturated heterocycles. The van der Waals surface area contributed by atoms with E-state index < -0.39 is 5.97 Å². The molecule has 1 saturated carbocycles. The van der Waals surface area contributed by atoms with Crippen molar-refractivity contribution < 1.29 is 9.90 Å². The van der Waals surface area contributed by atoms with Gasteiger partial charge in [-0.1, -0.05) is 31.8 Å². The minimum atomic E-state index is -0.852. The van der Waals surface area contributed by atoms with E-state index in [1.54, 1.807) is 0 Å². The summed E-state index contributed by atoms with van der Waals surface area (Å²) < 4.78 is 0. The van der Waals surface area contributed by atoms with Gasteiger partial charge in [-0.25, -0.2) is 4.79 Å². The van der Waals surface area contributed by atoms with Crippen LogP contribution in [0.1, 0.15) is 46.0 Å². The Labute approximate surface area is 97.9 Å². The molecule has 0 aromatic carbocycles. The minimum absolute atomic E-state index is 0.579. The molecule has 3 heteroatoms. The first-order valence-electron chi connectivity index (χ1n) is 6.25. The third-order valence-corrected chi connectivity index (χ3v) is 3.40. The van der Waals surface area contributed by atoms with E-state index in [9.17, 15) is 4.79 Å². The van der Waals surface area contributed by atoms with Gasteiger partial charge in [0, 0.05) is 18.7 Å². The highest BCUT2D eigenvalue weighted by atomic mass is 16.4. The van der Waals surface area contributed by atoms with Crippen LogP contribution in [0, 0.1) is 5.92 Å². The molecule has 0 spiro atoms. The quantitative estimate of drug-likeness (QED) is 0.707. The predicted molar refractivity (Wildman–Crippen MR) is 65.4 cm³/mol. The Hall–Kier alpha value is -0.830. The number of carboxylic acid groups (broad SMARTS) is 1. The average Bonchev–Trinajstić information content (AvgIpc) is 2.26. The Morgan fingerprint density at radius 1 is 1.50 bits per heavy atom. The van der Waals surface area contributed by atoms with Gasteiger partial charge in [0.2, 0.25) is 0 Å². The Morgan fingerprint density at radius 3 is 2.88 bits per heavy atom. The van der Waals surface area contributed by atoms with Crippen LogP contribution in [0.5, 0.6) is 0 Å². The van der Waals surface area contributed by atoms with Gasteiger partial charge in [0.25, 0.3) is 0 Å². The Bertz CT molecular complexity index is 261. The lowest BCUT2D eigenvalue weighted by atomic mass is 9.84. The molecule has 2 unspecified atom stereocenters. The first-order chi connectivity index (χ1) is 7.61. The Morgan fingerprint density at radius 2 is 2.25 bits per heavy atom. The highest BCUT2D eigenvalue weighted by molar-refractivity contribution is 5.80. The van der Waals surface area contributed by atoms with Crippen LogP contribution in [0.4, 0.5) is 0 Å². The van der Waals surface area contributed by atoms with Crippen molar-refractivity contribution in [2.45, 2.75) is 52.0 Å². The van der Waals surface area contributed by atoms with E-state index in [1.165, 1.54) is 38.2 Å². The highest BCUT2D eigenvalue weighted by Gasteiger charge is 2.19. The molecule has 92 valence electrons. The maximum absolute atomic E-state index is 10.5. The average molecular weight is 225 g/mol.